The lowest BCUT2D eigenvalue weighted by atomic mass is 10.3. The number of aromatic carboxylic acids is 4. The summed E-state index contributed by atoms with van der Waals surface area (Å²) in [4.78, 5) is 51.0. The van der Waals surface area contributed by atoms with Gasteiger partial charge in [0.15, 0.2) is 22.8 Å². The highest BCUT2D eigenvalue weighted by Gasteiger charge is 2.15. The van der Waals surface area contributed by atoms with Crippen molar-refractivity contribution < 1.29 is 58.6 Å². The lowest BCUT2D eigenvalue weighted by Crippen LogP contribution is -2.14. The first-order valence-electron chi connectivity index (χ1n) is 9.56. The predicted octanol–water partition coefficient (Wildman–Crippen LogP) is 0.760. The molecule has 0 spiro atoms. The highest BCUT2D eigenvalue weighted by atomic mass is 16.6. The normalized spacial score (nSPS) is 10.5. The van der Waals surface area contributed by atoms with Gasteiger partial charge >= 0.3 is 23.9 Å². The van der Waals surface area contributed by atoms with Gasteiger partial charge < -0.3 is 39.4 Å². The van der Waals surface area contributed by atoms with Crippen LogP contribution in [0.2, 0.25) is 0 Å². The first-order valence-corrected chi connectivity index (χ1v) is 9.56. The maximum absolute atomic E-state index is 11.0. The molecule has 0 radical (unpaired) electrons. The van der Waals surface area contributed by atoms with E-state index in [0.717, 1.165) is 24.3 Å². The summed E-state index contributed by atoms with van der Waals surface area (Å²) in [6, 6.07) is 4.39. The standard InChI is InChI=1S/C20H20N2O12/c23-17(24)13-7-11(8-14(21-13)18(25)26)33-5-3-31-1-2-32-4-6-34-12-9-15(19(27)28)22-16(10-12)20(29)30/h7-10H,1-6H2,(H,23,24)(H,25,26)(H,27,28)(H,29,30). The molecule has 0 unspecified atom stereocenters. The summed E-state index contributed by atoms with van der Waals surface area (Å²) < 4.78 is 21.2. The monoisotopic (exact) mass is 480 g/mol. The van der Waals surface area contributed by atoms with E-state index in [9.17, 15) is 19.2 Å². The Morgan fingerprint density at radius 2 is 0.794 bits per heavy atom. The van der Waals surface area contributed by atoms with Crippen LogP contribution in [0, 0.1) is 0 Å². The van der Waals surface area contributed by atoms with E-state index in [0.29, 0.717) is 0 Å². The topological polar surface area (TPSA) is 212 Å². The van der Waals surface area contributed by atoms with E-state index in [-0.39, 0.29) is 51.1 Å². The highest BCUT2D eigenvalue weighted by molar-refractivity contribution is 5.91. The summed E-state index contributed by atoms with van der Waals surface area (Å²) in [5.41, 5.74) is -1.85. The van der Waals surface area contributed by atoms with Gasteiger partial charge in [-0.15, -0.1) is 0 Å². The second-order valence-corrected chi connectivity index (χ2v) is 6.29. The van der Waals surface area contributed by atoms with Crippen molar-refractivity contribution in [1.29, 1.82) is 0 Å². The predicted molar refractivity (Wildman–Crippen MR) is 109 cm³/mol. The number of pyridine rings is 2. The van der Waals surface area contributed by atoms with Crippen molar-refractivity contribution in [1.82, 2.24) is 9.97 Å². The highest BCUT2D eigenvalue weighted by Crippen LogP contribution is 2.16. The van der Waals surface area contributed by atoms with Crippen molar-refractivity contribution in [2.24, 2.45) is 0 Å². The van der Waals surface area contributed by atoms with Gasteiger partial charge in [0.25, 0.3) is 0 Å². The van der Waals surface area contributed by atoms with Crippen LogP contribution in [-0.4, -0.2) is 93.9 Å². The van der Waals surface area contributed by atoms with Crippen molar-refractivity contribution in [3.8, 4) is 11.5 Å². The molecule has 182 valence electrons. The number of rotatable bonds is 15. The van der Waals surface area contributed by atoms with E-state index >= 15 is 0 Å². The zero-order chi connectivity index (χ0) is 25.1. The number of carbonyl (C=O) groups is 4. The number of carboxylic acid groups (broad SMARTS) is 4. The Balaban J connectivity index is 1.64. The van der Waals surface area contributed by atoms with E-state index in [1.165, 1.54) is 0 Å². The fraction of sp³-hybridized carbons (Fsp3) is 0.300. The van der Waals surface area contributed by atoms with Crippen LogP contribution in [0.5, 0.6) is 11.5 Å². The molecule has 2 rings (SSSR count). The first-order chi connectivity index (χ1) is 16.2. The maximum atomic E-state index is 11.0. The van der Waals surface area contributed by atoms with Crippen molar-refractivity contribution in [3.63, 3.8) is 0 Å². The quantitative estimate of drug-likeness (QED) is 0.259. The van der Waals surface area contributed by atoms with Gasteiger partial charge in [-0.2, -0.15) is 0 Å². The van der Waals surface area contributed by atoms with Gasteiger partial charge in [0.1, 0.15) is 24.7 Å². The van der Waals surface area contributed by atoms with Gasteiger partial charge in [0.2, 0.25) is 0 Å². The summed E-state index contributed by atoms with van der Waals surface area (Å²) >= 11 is 0. The van der Waals surface area contributed by atoms with Gasteiger partial charge in [-0.25, -0.2) is 29.1 Å². The summed E-state index contributed by atoms with van der Waals surface area (Å²) in [6.07, 6.45) is 0. The summed E-state index contributed by atoms with van der Waals surface area (Å²) in [5, 5.41) is 35.9. The minimum Gasteiger partial charge on any atom is -0.491 e. The lowest BCUT2D eigenvalue weighted by Gasteiger charge is -2.10. The van der Waals surface area contributed by atoms with Crippen LogP contribution >= 0.6 is 0 Å². The summed E-state index contributed by atoms with van der Waals surface area (Å²) in [6.45, 7) is 0.625. The van der Waals surface area contributed by atoms with Crippen LogP contribution in [0.4, 0.5) is 0 Å². The van der Waals surface area contributed by atoms with Crippen molar-refractivity contribution >= 4 is 23.9 Å². The van der Waals surface area contributed by atoms with Gasteiger partial charge in [-0.05, 0) is 0 Å². The molecule has 14 nitrogen and oxygen atoms in total. The number of ether oxygens (including phenoxy) is 4. The van der Waals surface area contributed by atoms with Gasteiger partial charge in [-0.1, -0.05) is 0 Å². The van der Waals surface area contributed by atoms with Crippen LogP contribution in [0.1, 0.15) is 42.0 Å². The number of hydrogen-bond acceptors (Lipinski definition) is 10. The Kier molecular flexibility index (Phi) is 9.67. The maximum Gasteiger partial charge on any atom is 0.354 e. The van der Waals surface area contributed by atoms with E-state index in [1.807, 2.05) is 0 Å². The Morgan fingerprint density at radius 3 is 1.06 bits per heavy atom. The molecule has 0 saturated heterocycles. The van der Waals surface area contributed by atoms with Crippen LogP contribution in [0.25, 0.3) is 0 Å². The molecule has 4 N–H and O–H groups in total. The lowest BCUT2D eigenvalue weighted by molar-refractivity contribution is 0.0273. The molecule has 0 fully saturated rings. The average molecular weight is 480 g/mol. The molecule has 0 bridgehead atoms. The van der Waals surface area contributed by atoms with Crippen molar-refractivity contribution in [3.05, 3.63) is 47.0 Å². The van der Waals surface area contributed by atoms with Crippen LogP contribution < -0.4 is 9.47 Å². The average Bonchev–Trinajstić information content (AvgIpc) is 2.79. The first kappa shape index (κ1) is 26.0. The minimum atomic E-state index is -1.39. The zero-order valence-electron chi connectivity index (χ0n) is 17.5. The fourth-order valence-corrected chi connectivity index (χ4v) is 2.37. The molecule has 34 heavy (non-hydrogen) atoms. The molecule has 2 aromatic rings. The zero-order valence-corrected chi connectivity index (χ0v) is 17.5. The molecular formula is C20H20N2O12. The SMILES string of the molecule is O=C(O)c1cc(OCCOCCOCCOc2cc(C(=O)O)nc(C(=O)O)c2)cc(C(=O)O)n1. The molecule has 2 heterocycles. The van der Waals surface area contributed by atoms with E-state index in [4.69, 9.17) is 39.4 Å². The molecule has 2 aromatic heterocycles. The van der Waals surface area contributed by atoms with Crippen LogP contribution in [-0.2, 0) is 9.47 Å². The molecule has 0 aromatic carbocycles. The van der Waals surface area contributed by atoms with Crippen molar-refractivity contribution in [2.45, 2.75) is 0 Å². The molecule has 14 heteroatoms. The second-order valence-electron chi connectivity index (χ2n) is 6.29. The third-order valence-electron chi connectivity index (χ3n) is 3.84. The smallest absolute Gasteiger partial charge is 0.354 e. The summed E-state index contributed by atoms with van der Waals surface area (Å²) in [7, 11) is 0. The van der Waals surface area contributed by atoms with Crippen LogP contribution in [0.3, 0.4) is 0 Å². The Labute approximate surface area is 191 Å². The van der Waals surface area contributed by atoms with Gasteiger partial charge in [0, 0.05) is 24.3 Å². The van der Waals surface area contributed by atoms with E-state index in [2.05, 4.69) is 9.97 Å². The second kappa shape index (κ2) is 12.7. The third-order valence-corrected chi connectivity index (χ3v) is 3.84. The summed E-state index contributed by atoms with van der Waals surface area (Å²) in [5.74, 6) is -5.51. The van der Waals surface area contributed by atoms with Gasteiger partial charge in [0.05, 0.1) is 26.4 Å². The number of aromatic nitrogens is 2. The molecule has 0 amide bonds. The van der Waals surface area contributed by atoms with Crippen LogP contribution in [0.15, 0.2) is 24.3 Å². The molecule has 0 aliphatic heterocycles. The van der Waals surface area contributed by atoms with E-state index in [1.54, 1.807) is 0 Å². The molecular weight excluding hydrogens is 460 g/mol. The van der Waals surface area contributed by atoms with Crippen molar-refractivity contribution in [2.75, 3.05) is 39.6 Å². The Bertz CT molecular complexity index is 908. The van der Waals surface area contributed by atoms with E-state index < -0.39 is 46.7 Å². The largest absolute Gasteiger partial charge is 0.491 e. The molecule has 0 aliphatic carbocycles. The fourth-order valence-electron chi connectivity index (χ4n) is 2.37. The number of carboxylic acids is 4. The Hall–Kier alpha value is -4.30. The van der Waals surface area contributed by atoms with Gasteiger partial charge in [-0.3, -0.25) is 0 Å². The third kappa shape index (κ3) is 8.33. The number of hydrogen-bond donors (Lipinski definition) is 4. The Morgan fingerprint density at radius 1 is 0.529 bits per heavy atom. The number of nitrogens with zero attached hydrogens (tertiary/aromatic N) is 2. The molecule has 0 saturated carbocycles. The molecule has 0 aliphatic rings. The minimum absolute atomic E-state index is 0.0190. The molecule has 0 atom stereocenters.